The molecule has 0 N–H and O–H groups in total. The molecule has 1 fully saturated rings. The van der Waals surface area contributed by atoms with Gasteiger partial charge in [0.25, 0.3) is 0 Å². The monoisotopic (exact) mass is 369 g/mol. The fourth-order valence-corrected chi connectivity index (χ4v) is 2.96. The SMILES string of the molecule is COC1(C)CN(C(=O)OC(C)(C)C)CCN(c2c([N+](=O)[O-])cnn2C)C1. The molecule has 2 heterocycles. The quantitative estimate of drug-likeness (QED) is 0.591. The molecule has 0 radical (unpaired) electrons. The number of methoxy groups -OCH3 is 1. The smallest absolute Gasteiger partial charge is 0.410 e. The molecule has 1 unspecified atom stereocenters. The van der Waals surface area contributed by atoms with Crippen LogP contribution in [0.5, 0.6) is 0 Å². The molecule has 1 aromatic rings. The molecule has 10 nitrogen and oxygen atoms in total. The van der Waals surface area contributed by atoms with E-state index in [1.807, 2.05) is 32.6 Å². The average molecular weight is 369 g/mol. The summed E-state index contributed by atoms with van der Waals surface area (Å²) in [5, 5.41) is 15.3. The van der Waals surface area contributed by atoms with Crippen LogP contribution in [0, 0.1) is 10.1 Å². The van der Waals surface area contributed by atoms with Crippen molar-refractivity contribution in [3.05, 3.63) is 16.3 Å². The zero-order valence-corrected chi connectivity index (χ0v) is 16.2. The van der Waals surface area contributed by atoms with Crippen molar-refractivity contribution in [2.24, 2.45) is 7.05 Å². The van der Waals surface area contributed by atoms with Crippen LogP contribution in [0.2, 0.25) is 0 Å². The van der Waals surface area contributed by atoms with E-state index in [4.69, 9.17) is 9.47 Å². The first-order valence-electron chi connectivity index (χ1n) is 8.40. The fourth-order valence-electron chi connectivity index (χ4n) is 2.96. The Hall–Kier alpha value is -2.36. The maximum atomic E-state index is 12.5. The molecule has 2 rings (SSSR count). The summed E-state index contributed by atoms with van der Waals surface area (Å²) >= 11 is 0. The molecule has 1 aliphatic rings. The van der Waals surface area contributed by atoms with E-state index in [9.17, 15) is 14.9 Å². The van der Waals surface area contributed by atoms with Crippen molar-refractivity contribution in [2.75, 3.05) is 38.2 Å². The number of aryl methyl sites for hydroxylation is 1. The number of hydrogen-bond acceptors (Lipinski definition) is 7. The second-order valence-electron chi connectivity index (χ2n) is 7.71. The number of rotatable bonds is 3. The molecular weight excluding hydrogens is 342 g/mol. The highest BCUT2D eigenvalue weighted by atomic mass is 16.6. The Bertz CT molecular complexity index is 683. The summed E-state index contributed by atoms with van der Waals surface area (Å²) in [6, 6.07) is 0. The summed E-state index contributed by atoms with van der Waals surface area (Å²) in [6.45, 7) is 8.75. The van der Waals surface area contributed by atoms with Crippen LogP contribution in [0.3, 0.4) is 0 Å². The van der Waals surface area contributed by atoms with E-state index in [1.54, 1.807) is 19.1 Å². The van der Waals surface area contributed by atoms with Gasteiger partial charge < -0.3 is 19.3 Å². The second kappa shape index (κ2) is 7.10. The first-order valence-corrected chi connectivity index (χ1v) is 8.40. The summed E-state index contributed by atoms with van der Waals surface area (Å²) in [4.78, 5) is 26.8. The van der Waals surface area contributed by atoms with Gasteiger partial charge in [0.2, 0.25) is 5.82 Å². The number of nitrogens with zero attached hydrogens (tertiary/aromatic N) is 5. The van der Waals surface area contributed by atoms with Crippen LogP contribution in [-0.4, -0.2) is 70.2 Å². The Morgan fingerprint density at radius 2 is 2.00 bits per heavy atom. The van der Waals surface area contributed by atoms with Crippen molar-refractivity contribution in [1.29, 1.82) is 0 Å². The third-order valence-electron chi connectivity index (χ3n) is 4.22. The molecule has 0 aliphatic carbocycles. The lowest BCUT2D eigenvalue weighted by molar-refractivity contribution is -0.384. The van der Waals surface area contributed by atoms with Crippen LogP contribution in [0.1, 0.15) is 27.7 Å². The molecule has 0 spiro atoms. The van der Waals surface area contributed by atoms with Gasteiger partial charge in [-0.2, -0.15) is 5.10 Å². The largest absolute Gasteiger partial charge is 0.444 e. The average Bonchev–Trinajstić information content (AvgIpc) is 2.80. The van der Waals surface area contributed by atoms with Crippen LogP contribution in [0.15, 0.2) is 6.20 Å². The van der Waals surface area contributed by atoms with Gasteiger partial charge >= 0.3 is 11.8 Å². The van der Waals surface area contributed by atoms with Gasteiger partial charge in [-0.15, -0.1) is 0 Å². The third kappa shape index (κ3) is 4.43. The number of carbonyl (C=O) groups excluding carboxylic acids is 1. The van der Waals surface area contributed by atoms with E-state index in [-0.39, 0.29) is 5.69 Å². The van der Waals surface area contributed by atoms with Crippen LogP contribution in [-0.2, 0) is 16.5 Å². The van der Waals surface area contributed by atoms with Gasteiger partial charge in [0.1, 0.15) is 17.4 Å². The number of nitro groups is 1. The Labute approximate surface area is 152 Å². The van der Waals surface area contributed by atoms with Gasteiger partial charge in [0.15, 0.2) is 0 Å². The molecule has 1 saturated heterocycles. The predicted molar refractivity (Wildman–Crippen MR) is 95.3 cm³/mol. The fraction of sp³-hybridized carbons (Fsp3) is 0.750. The Kier molecular flexibility index (Phi) is 5.45. The molecule has 146 valence electrons. The number of amides is 1. The second-order valence-corrected chi connectivity index (χ2v) is 7.71. The molecular formula is C16H27N5O5. The molecule has 1 amide bonds. The first kappa shape index (κ1) is 20.0. The van der Waals surface area contributed by atoms with Gasteiger partial charge in [0.05, 0.1) is 18.0 Å². The van der Waals surface area contributed by atoms with E-state index in [0.29, 0.717) is 32.0 Å². The topological polar surface area (TPSA) is 103 Å². The Morgan fingerprint density at radius 3 is 2.54 bits per heavy atom. The zero-order chi connectivity index (χ0) is 19.7. The van der Waals surface area contributed by atoms with Crippen molar-refractivity contribution in [3.63, 3.8) is 0 Å². The minimum Gasteiger partial charge on any atom is -0.444 e. The number of anilines is 1. The number of aromatic nitrogens is 2. The Morgan fingerprint density at radius 1 is 1.35 bits per heavy atom. The molecule has 0 bridgehead atoms. The molecule has 1 aromatic heterocycles. The normalized spacial score (nSPS) is 21.5. The molecule has 26 heavy (non-hydrogen) atoms. The molecule has 0 aromatic carbocycles. The molecule has 10 heteroatoms. The van der Waals surface area contributed by atoms with Crippen LogP contribution in [0.4, 0.5) is 16.3 Å². The summed E-state index contributed by atoms with van der Waals surface area (Å²) in [6.07, 6.45) is 0.804. The first-order chi connectivity index (χ1) is 12.0. The number of ether oxygens (including phenoxy) is 2. The summed E-state index contributed by atoms with van der Waals surface area (Å²) < 4.78 is 12.6. The van der Waals surface area contributed by atoms with Crippen molar-refractivity contribution < 1.29 is 19.2 Å². The summed E-state index contributed by atoms with van der Waals surface area (Å²) in [5.74, 6) is 0.393. The highest BCUT2D eigenvalue weighted by Crippen LogP contribution is 2.30. The van der Waals surface area contributed by atoms with E-state index in [0.717, 1.165) is 0 Å². The lowest BCUT2D eigenvalue weighted by Gasteiger charge is -2.34. The van der Waals surface area contributed by atoms with E-state index < -0.39 is 22.2 Å². The molecule has 1 aliphatic heterocycles. The molecule has 1 atom stereocenters. The lowest BCUT2D eigenvalue weighted by Crippen LogP contribution is -2.48. The Balaban J connectivity index is 2.30. The van der Waals surface area contributed by atoms with Gasteiger partial charge in [-0.1, -0.05) is 0 Å². The van der Waals surface area contributed by atoms with Gasteiger partial charge in [-0.25, -0.2) is 9.48 Å². The highest BCUT2D eigenvalue weighted by Gasteiger charge is 2.39. The van der Waals surface area contributed by atoms with Crippen molar-refractivity contribution in [1.82, 2.24) is 14.7 Å². The van der Waals surface area contributed by atoms with E-state index in [2.05, 4.69) is 5.10 Å². The van der Waals surface area contributed by atoms with Crippen molar-refractivity contribution in [3.8, 4) is 0 Å². The van der Waals surface area contributed by atoms with Crippen LogP contribution >= 0.6 is 0 Å². The number of hydrogen-bond donors (Lipinski definition) is 0. The van der Waals surface area contributed by atoms with Crippen LogP contribution < -0.4 is 4.90 Å². The zero-order valence-electron chi connectivity index (χ0n) is 16.2. The predicted octanol–water partition coefficient (Wildman–Crippen LogP) is 1.79. The van der Waals surface area contributed by atoms with Gasteiger partial charge in [-0.3, -0.25) is 10.1 Å². The minimum atomic E-state index is -0.717. The molecule has 0 saturated carbocycles. The van der Waals surface area contributed by atoms with Crippen LogP contribution in [0.25, 0.3) is 0 Å². The van der Waals surface area contributed by atoms with E-state index >= 15 is 0 Å². The summed E-state index contributed by atoms with van der Waals surface area (Å²) in [5.41, 5.74) is -1.39. The van der Waals surface area contributed by atoms with E-state index in [1.165, 1.54) is 10.9 Å². The van der Waals surface area contributed by atoms with Gasteiger partial charge in [0, 0.05) is 27.2 Å². The maximum absolute atomic E-state index is 12.5. The minimum absolute atomic E-state index is 0.0725. The van der Waals surface area contributed by atoms with Crippen molar-refractivity contribution >= 4 is 17.6 Å². The lowest BCUT2D eigenvalue weighted by atomic mass is 10.1. The summed E-state index contributed by atoms with van der Waals surface area (Å²) in [7, 11) is 3.22. The maximum Gasteiger partial charge on any atom is 0.410 e. The third-order valence-corrected chi connectivity index (χ3v) is 4.22. The number of carbonyl (C=O) groups is 1. The standard InChI is InChI=1S/C16H27N5O5/c1-15(2,3)26-14(22)20-8-7-19(10-16(4,11-20)25-6)13-12(21(23)24)9-17-18(13)5/h9H,7-8,10-11H2,1-6H3. The van der Waals surface area contributed by atoms with Crippen molar-refractivity contribution in [2.45, 2.75) is 38.9 Å². The van der Waals surface area contributed by atoms with Gasteiger partial charge in [-0.05, 0) is 27.7 Å². The highest BCUT2D eigenvalue weighted by molar-refractivity contribution is 5.68.